The molecule has 0 rings (SSSR count). The highest BCUT2D eigenvalue weighted by molar-refractivity contribution is 5.81. The van der Waals surface area contributed by atoms with Crippen molar-refractivity contribution >= 4 is 5.91 Å². The Morgan fingerprint density at radius 3 is 2.21 bits per heavy atom. The van der Waals surface area contributed by atoms with Gasteiger partial charge in [0.2, 0.25) is 5.91 Å². The van der Waals surface area contributed by atoms with Crippen LogP contribution in [-0.2, 0) is 4.79 Å². The highest BCUT2D eigenvalue weighted by atomic mass is 16.2. The van der Waals surface area contributed by atoms with Gasteiger partial charge in [0.25, 0.3) is 0 Å². The minimum absolute atomic E-state index is 0.0630. The van der Waals surface area contributed by atoms with Gasteiger partial charge in [0.05, 0.1) is 6.04 Å². The van der Waals surface area contributed by atoms with E-state index in [0.29, 0.717) is 5.92 Å². The predicted molar refractivity (Wildman–Crippen MR) is 60.0 cm³/mol. The van der Waals surface area contributed by atoms with Crippen molar-refractivity contribution in [3.63, 3.8) is 0 Å². The molecule has 0 bridgehead atoms. The molecule has 3 heteroatoms. The summed E-state index contributed by atoms with van der Waals surface area (Å²) in [5.74, 6) is 0.533. The summed E-state index contributed by atoms with van der Waals surface area (Å²) in [6.07, 6.45) is 1.73. The maximum atomic E-state index is 11.8. The summed E-state index contributed by atoms with van der Waals surface area (Å²) in [5, 5.41) is 0. The summed E-state index contributed by atoms with van der Waals surface area (Å²) in [5.41, 5.74) is 5.78. The molecule has 0 aromatic heterocycles. The average molecular weight is 200 g/mol. The summed E-state index contributed by atoms with van der Waals surface area (Å²) >= 11 is 0. The molecule has 84 valence electrons. The lowest BCUT2D eigenvalue weighted by Gasteiger charge is -2.30. The molecule has 2 atom stereocenters. The molecule has 0 saturated heterocycles. The SMILES string of the molecule is CCC[C@@H](N)C(=O)N(C)C(C)C(C)C. The van der Waals surface area contributed by atoms with Gasteiger partial charge in [0, 0.05) is 13.1 Å². The molecule has 0 aliphatic rings. The number of amides is 1. The average Bonchev–Trinajstić information content (AvgIpc) is 2.14. The molecule has 3 nitrogen and oxygen atoms in total. The molecule has 0 fully saturated rings. The molecule has 1 amide bonds. The number of nitrogens with zero attached hydrogens (tertiary/aromatic N) is 1. The number of carbonyl (C=O) groups is 1. The third-order valence-electron chi connectivity index (χ3n) is 2.84. The molecule has 0 aromatic carbocycles. The Morgan fingerprint density at radius 1 is 1.36 bits per heavy atom. The van der Waals surface area contributed by atoms with Crippen molar-refractivity contribution in [2.45, 2.75) is 52.6 Å². The van der Waals surface area contributed by atoms with E-state index < -0.39 is 0 Å². The van der Waals surface area contributed by atoms with Crippen LogP contribution in [0.3, 0.4) is 0 Å². The molecule has 0 spiro atoms. The molecule has 2 N–H and O–H groups in total. The molecule has 0 heterocycles. The maximum Gasteiger partial charge on any atom is 0.239 e. The van der Waals surface area contributed by atoms with E-state index in [-0.39, 0.29) is 18.0 Å². The smallest absolute Gasteiger partial charge is 0.239 e. The minimum atomic E-state index is -0.328. The summed E-state index contributed by atoms with van der Waals surface area (Å²) in [4.78, 5) is 13.5. The molecule has 0 saturated carbocycles. The fraction of sp³-hybridized carbons (Fsp3) is 0.909. The van der Waals surface area contributed by atoms with Crippen LogP contribution in [0, 0.1) is 5.92 Å². The van der Waals surface area contributed by atoms with Crippen molar-refractivity contribution in [3.05, 3.63) is 0 Å². The molecule has 0 aliphatic carbocycles. The number of hydrogen-bond donors (Lipinski definition) is 1. The summed E-state index contributed by atoms with van der Waals surface area (Å²) < 4.78 is 0. The number of hydrogen-bond acceptors (Lipinski definition) is 2. The lowest BCUT2D eigenvalue weighted by atomic mass is 10.0. The lowest BCUT2D eigenvalue weighted by molar-refractivity contribution is -0.134. The largest absolute Gasteiger partial charge is 0.341 e. The molecule has 0 radical (unpaired) electrons. The van der Waals surface area contributed by atoms with Crippen molar-refractivity contribution in [2.75, 3.05) is 7.05 Å². The van der Waals surface area contributed by atoms with Gasteiger partial charge in [-0.2, -0.15) is 0 Å². The summed E-state index contributed by atoms with van der Waals surface area (Å²) in [6.45, 7) is 8.32. The first-order valence-corrected chi connectivity index (χ1v) is 5.44. The number of nitrogens with two attached hydrogens (primary N) is 1. The monoisotopic (exact) mass is 200 g/mol. The van der Waals surface area contributed by atoms with Crippen molar-refractivity contribution in [1.29, 1.82) is 0 Å². The highest BCUT2D eigenvalue weighted by Crippen LogP contribution is 2.10. The Hall–Kier alpha value is -0.570. The number of rotatable bonds is 5. The van der Waals surface area contributed by atoms with Crippen LogP contribution in [0.1, 0.15) is 40.5 Å². The van der Waals surface area contributed by atoms with Crippen molar-refractivity contribution in [2.24, 2.45) is 11.7 Å². The van der Waals surface area contributed by atoms with Gasteiger partial charge in [0.15, 0.2) is 0 Å². The van der Waals surface area contributed by atoms with Crippen LogP contribution in [-0.4, -0.2) is 29.9 Å². The zero-order valence-corrected chi connectivity index (χ0v) is 10.1. The zero-order valence-electron chi connectivity index (χ0n) is 10.1. The van der Waals surface area contributed by atoms with Crippen LogP contribution in [0.4, 0.5) is 0 Å². The topological polar surface area (TPSA) is 46.3 Å². The fourth-order valence-corrected chi connectivity index (χ4v) is 1.34. The lowest BCUT2D eigenvalue weighted by Crippen LogP contribution is -2.47. The van der Waals surface area contributed by atoms with Crippen LogP contribution in [0.15, 0.2) is 0 Å². The van der Waals surface area contributed by atoms with Gasteiger partial charge in [-0.25, -0.2) is 0 Å². The Kier molecular flexibility index (Phi) is 5.77. The van der Waals surface area contributed by atoms with Crippen LogP contribution in [0.5, 0.6) is 0 Å². The zero-order chi connectivity index (χ0) is 11.3. The number of carbonyl (C=O) groups excluding carboxylic acids is 1. The number of likely N-dealkylation sites (N-methyl/N-ethyl adjacent to an activating group) is 1. The molecule has 1 unspecified atom stereocenters. The Balaban J connectivity index is 4.23. The Bertz CT molecular complexity index is 180. The first-order valence-electron chi connectivity index (χ1n) is 5.44. The maximum absolute atomic E-state index is 11.8. The Labute approximate surface area is 87.6 Å². The van der Waals surface area contributed by atoms with E-state index in [0.717, 1.165) is 12.8 Å². The van der Waals surface area contributed by atoms with Crippen LogP contribution in [0.2, 0.25) is 0 Å². The van der Waals surface area contributed by atoms with Gasteiger partial charge in [0.1, 0.15) is 0 Å². The van der Waals surface area contributed by atoms with E-state index in [9.17, 15) is 4.79 Å². The van der Waals surface area contributed by atoms with Gasteiger partial charge >= 0.3 is 0 Å². The van der Waals surface area contributed by atoms with Crippen molar-refractivity contribution in [3.8, 4) is 0 Å². The van der Waals surface area contributed by atoms with Gasteiger partial charge in [-0.3, -0.25) is 4.79 Å². The molecular formula is C11H24N2O. The van der Waals surface area contributed by atoms with E-state index in [2.05, 4.69) is 20.8 Å². The van der Waals surface area contributed by atoms with Gasteiger partial charge in [-0.05, 0) is 19.3 Å². The van der Waals surface area contributed by atoms with Gasteiger partial charge in [-0.15, -0.1) is 0 Å². The summed E-state index contributed by atoms with van der Waals surface area (Å²) in [6, 6.07) is -0.0726. The third-order valence-corrected chi connectivity index (χ3v) is 2.84. The highest BCUT2D eigenvalue weighted by Gasteiger charge is 2.22. The normalized spacial score (nSPS) is 15.4. The van der Waals surface area contributed by atoms with Crippen LogP contribution < -0.4 is 5.73 Å². The fourth-order valence-electron chi connectivity index (χ4n) is 1.34. The van der Waals surface area contributed by atoms with Crippen molar-refractivity contribution < 1.29 is 4.79 Å². The van der Waals surface area contributed by atoms with E-state index >= 15 is 0 Å². The van der Waals surface area contributed by atoms with Crippen LogP contribution in [0.25, 0.3) is 0 Å². The molecule has 0 aliphatic heterocycles. The Morgan fingerprint density at radius 2 is 1.86 bits per heavy atom. The quantitative estimate of drug-likeness (QED) is 0.733. The van der Waals surface area contributed by atoms with E-state index in [1.807, 2.05) is 14.0 Å². The van der Waals surface area contributed by atoms with Crippen molar-refractivity contribution in [1.82, 2.24) is 4.90 Å². The third kappa shape index (κ3) is 3.66. The molecule has 14 heavy (non-hydrogen) atoms. The van der Waals surface area contributed by atoms with E-state index in [4.69, 9.17) is 5.73 Å². The second-order valence-electron chi connectivity index (χ2n) is 4.33. The second kappa shape index (κ2) is 6.02. The first kappa shape index (κ1) is 13.4. The second-order valence-corrected chi connectivity index (χ2v) is 4.33. The van der Waals surface area contributed by atoms with E-state index in [1.165, 1.54) is 0 Å². The predicted octanol–water partition coefficient (Wildman–Crippen LogP) is 1.62. The van der Waals surface area contributed by atoms with E-state index in [1.54, 1.807) is 4.90 Å². The standard InChI is InChI=1S/C11H24N2O/c1-6-7-10(12)11(14)13(5)9(4)8(2)3/h8-10H,6-7,12H2,1-5H3/t9?,10-/m1/s1. The summed E-state index contributed by atoms with van der Waals surface area (Å²) in [7, 11) is 1.84. The van der Waals surface area contributed by atoms with Gasteiger partial charge < -0.3 is 10.6 Å². The van der Waals surface area contributed by atoms with Gasteiger partial charge in [-0.1, -0.05) is 27.2 Å². The minimum Gasteiger partial charge on any atom is -0.341 e. The molecular weight excluding hydrogens is 176 g/mol. The van der Waals surface area contributed by atoms with Crippen LogP contribution >= 0.6 is 0 Å². The molecule has 0 aromatic rings. The first-order chi connectivity index (χ1) is 6.41.